The summed E-state index contributed by atoms with van der Waals surface area (Å²) in [7, 11) is 0. The van der Waals surface area contributed by atoms with Crippen LogP contribution in [0.4, 0.5) is 11.4 Å². The molecule has 3 aromatic carbocycles. The van der Waals surface area contributed by atoms with E-state index in [-0.39, 0.29) is 0 Å². The van der Waals surface area contributed by atoms with Gasteiger partial charge in [-0.15, -0.1) is 20.4 Å². The molecule has 0 aliphatic heterocycles. The summed E-state index contributed by atoms with van der Waals surface area (Å²) in [5, 5.41) is 17.0. The maximum absolute atomic E-state index is 6.01. The predicted octanol–water partition coefficient (Wildman–Crippen LogP) is 6.94. The molecular weight excluding hydrogens is 476 g/mol. The van der Waals surface area contributed by atoms with Crippen LogP contribution in [0.15, 0.2) is 94.4 Å². The molecule has 5 aromatic rings. The molecule has 0 fully saturated rings. The zero-order valence-electron chi connectivity index (χ0n) is 21.8. The van der Waals surface area contributed by atoms with Gasteiger partial charge in [-0.05, 0) is 93.7 Å². The monoisotopic (exact) mass is 506 g/mol. The third kappa shape index (κ3) is 5.06. The lowest BCUT2D eigenvalue weighted by Crippen LogP contribution is -2.21. The van der Waals surface area contributed by atoms with Crippen LogP contribution in [0.25, 0.3) is 45.8 Å². The van der Waals surface area contributed by atoms with Crippen LogP contribution in [0.2, 0.25) is 0 Å². The Morgan fingerprint density at radius 1 is 0.605 bits per heavy atom. The number of nitrogens with zero attached hydrogens (tertiary/aromatic N) is 6. The Labute approximate surface area is 222 Å². The number of hydrogen-bond acceptors (Lipinski definition) is 8. The van der Waals surface area contributed by atoms with Crippen LogP contribution < -0.4 is 9.80 Å². The van der Waals surface area contributed by atoms with Crippen LogP contribution >= 0.6 is 0 Å². The van der Waals surface area contributed by atoms with Crippen molar-refractivity contribution in [1.29, 1.82) is 0 Å². The topological polar surface area (TPSA) is 84.3 Å². The van der Waals surface area contributed by atoms with Crippen molar-refractivity contribution in [3.05, 3.63) is 85.6 Å². The highest BCUT2D eigenvalue weighted by molar-refractivity contribution is 5.67. The lowest BCUT2D eigenvalue weighted by atomic mass is 10.1. The highest BCUT2D eigenvalue weighted by atomic mass is 16.4. The van der Waals surface area contributed by atoms with E-state index in [0.29, 0.717) is 23.6 Å². The molecule has 2 aromatic heterocycles. The Bertz CT molecular complexity index is 1500. The van der Waals surface area contributed by atoms with Crippen LogP contribution in [-0.2, 0) is 0 Å². The maximum Gasteiger partial charge on any atom is 0.248 e. The average molecular weight is 507 g/mol. The van der Waals surface area contributed by atoms with Crippen molar-refractivity contribution < 1.29 is 8.83 Å². The Balaban J connectivity index is 1.35. The van der Waals surface area contributed by atoms with Crippen LogP contribution in [-0.4, -0.2) is 40.0 Å². The van der Waals surface area contributed by atoms with Crippen molar-refractivity contribution in [2.24, 2.45) is 0 Å². The van der Waals surface area contributed by atoms with Gasteiger partial charge in [0.15, 0.2) is 0 Å². The SMILES string of the molecule is C=CN(CC)c1ccc(-c2nnc(-c3cccc(-c4nnc(-c5ccc(N(CC)CC)cc5)o4)c3)o2)cc1. The van der Waals surface area contributed by atoms with Crippen molar-refractivity contribution in [3.8, 4) is 45.8 Å². The van der Waals surface area contributed by atoms with Gasteiger partial charge in [0.25, 0.3) is 0 Å². The quantitative estimate of drug-likeness (QED) is 0.201. The summed E-state index contributed by atoms with van der Waals surface area (Å²) in [5.74, 6) is 1.76. The molecule has 0 aliphatic carbocycles. The van der Waals surface area contributed by atoms with Gasteiger partial charge in [-0.2, -0.15) is 0 Å². The molecule has 38 heavy (non-hydrogen) atoms. The van der Waals surface area contributed by atoms with E-state index < -0.39 is 0 Å². The molecular formula is C30H30N6O2. The molecule has 5 rings (SSSR count). The molecule has 0 spiro atoms. The average Bonchev–Trinajstić information content (AvgIpc) is 3.66. The normalized spacial score (nSPS) is 10.9. The first-order valence-corrected chi connectivity index (χ1v) is 12.8. The zero-order valence-corrected chi connectivity index (χ0v) is 21.8. The highest BCUT2D eigenvalue weighted by Crippen LogP contribution is 2.30. The van der Waals surface area contributed by atoms with E-state index in [4.69, 9.17) is 8.83 Å². The fourth-order valence-corrected chi connectivity index (χ4v) is 4.31. The summed E-state index contributed by atoms with van der Waals surface area (Å²) < 4.78 is 12.0. The van der Waals surface area contributed by atoms with Gasteiger partial charge in [-0.25, -0.2) is 0 Å². The first-order valence-electron chi connectivity index (χ1n) is 12.8. The molecule has 2 heterocycles. The number of hydrogen-bond donors (Lipinski definition) is 0. The Hall–Kier alpha value is -4.72. The van der Waals surface area contributed by atoms with Crippen LogP contribution in [0, 0.1) is 0 Å². The molecule has 0 saturated heterocycles. The molecule has 0 radical (unpaired) electrons. The van der Waals surface area contributed by atoms with Gasteiger partial charge < -0.3 is 18.6 Å². The molecule has 0 amide bonds. The summed E-state index contributed by atoms with van der Waals surface area (Å²) in [6.07, 6.45) is 1.81. The minimum absolute atomic E-state index is 0.416. The zero-order chi connectivity index (χ0) is 26.5. The first kappa shape index (κ1) is 25.0. The van der Waals surface area contributed by atoms with E-state index in [1.807, 2.05) is 66.9 Å². The van der Waals surface area contributed by atoms with Gasteiger partial charge in [0.2, 0.25) is 23.6 Å². The second kappa shape index (κ2) is 11.1. The minimum atomic E-state index is 0.416. The summed E-state index contributed by atoms with van der Waals surface area (Å²) >= 11 is 0. The van der Waals surface area contributed by atoms with E-state index >= 15 is 0 Å². The van der Waals surface area contributed by atoms with E-state index in [2.05, 4.69) is 69.7 Å². The molecule has 0 saturated carbocycles. The van der Waals surface area contributed by atoms with Crippen molar-refractivity contribution in [2.45, 2.75) is 20.8 Å². The Morgan fingerprint density at radius 2 is 1.05 bits per heavy atom. The largest absolute Gasteiger partial charge is 0.416 e. The van der Waals surface area contributed by atoms with Crippen molar-refractivity contribution in [2.75, 3.05) is 29.4 Å². The Morgan fingerprint density at radius 3 is 1.47 bits per heavy atom. The van der Waals surface area contributed by atoms with Crippen LogP contribution in [0.1, 0.15) is 20.8 Å². The van der Waals surface area contributed by atoms with Crippen molar-refractivity contribution >= 4 is 11.4 Å². The molecule has 0 atom stereocenters. The Kier molecular flexibility index (Phi) is 7.31. The summed E-state index contributed by atoms with van der Waals surface area (Å²) in [6.45, 7) is 13.0. The number of benzene rings is 3. The lowest BCUT2D eigenvalue weighted by Gasteiger charge is -2.20. The number of aromatic nitrogens is 4. The van der Waals surface area contributed by atoms with Gasteiger partial charge >= 0.3 is 0 Å². The fourth-order valence-electron chi connectivity index (χ4n) is 4.31. The van der Waals surface area contributed by atoms with E-state index in [1.165, 1.54) is 5.69 Å². The second-order valence-corrected chi connectivity index (χ2v) is 8.64. The molecule has 0 bridgehead atoms. The summed E-state index contributed by atoms with van der Waals surface area (Å²) in [6, 6.07) is 23.7. The van der Waals surface area contributed by atoms with Crippen LogP contribution in [0.5, 0.6) is 0 Å². The first-order chi connectivity index (χ1) is 18.6. The molecule has 8 heteroatoms. The number of anilines is 2. The summed E-state index contributed by atoms with van der Waals surface area (Å²) in [5.41, 5.74) is 5.48. The molecule has 192 valence electrons. The predicted molar refractivity (Wildman–Crippen MR) is 151 cm³/mol. The van der Waals surface area contributed by atoms with Gasteiger partial charge in [0.05, 0.1) is 0 Å². The lowest BCUT2D eigenvalue weighted by molar-refractivity contribution is 0.582. The van der Waals surface area contributed by atoms with Crippen LogP contribution in [0.3, 0.4) is 0 Å². The van der Waals surface area contributed by atoms with E-state index in [0.717, 1.165) is 47.6 Å². The van der Waals surface area contributed by atoms with Gasteiger partial charge in [-0.3, -0.25) is 0 Å². The van der Waals surface area contributed by atoms with Gasteiger partial charge in [0, 0.05) is 53.3 Å². The minimum Gasteiger partial charge on any atom is -0.416 e. The van der Waals surface area contributed by atoms with Crippen molar-refractivity contribution in [3.63, 3.8) is 0 Å². The summed E-state index contributed by atoms with van der Waals surface area (Å²) in [4.78, 5) is 4.34. The smallest absolute Gasteiger partial charge is 0.248 e. The molecule has 0 aliphatic rings. The third-order valence-electron chi connectivity index (χ3n) is 6.46. The molecule has 0 N–H and O–H groups in total. The van der Waals surface area contributed by atoms with Gasteiger partial charge in [0.1, 0.15) is 0 Å². The molecule has 8 nitrogen and oxygen atoms in total. The number of rotatable bonds is 10. The van der Waals surface area contributed by atoms with E-state index in [9.17, 15) is 0 Å². The van der Waals surface area contributed by atoms with Crippen molar-refractivity contribution in [1.82, 2.24) is 20.4 Å². The fraction of sp³-hybridized carbons (Fsp3) is 0.200. The molecule has 0 unspecified atom stereocenters. The highest BCUT2D eigenvalue weighted by Gasteiger charge is 2.15. The standard InChI is InChI=1S/C30H30N6O2/c1-5-35(6-2)25-16-12-21(13-17-25)27-31-33-29(37-27)23-10-9-11-24(20-23)30-34-32-28(38-30)22-14-18-26(19-15-22)36(7-3)8-4/h5,9-20H,1,6-8H2,2-4H3. The maximum atomic E-state index is 6.01. The second-order valence-electron chi connectivity index (χ2n) is 8.64. The van der Waals surface area contributed by atoms with Gasteiger partial charge in [-0.1, -0.05) is 12.6 Å². The third-order valence-corrected chi connectivity index (χ3v) is 6.46. The van der Waals surface area contributed by atoms with E-state index in [1.54, 1.807) is 0 Å².